The molecule has 3 heterocycles. The summed E-state index contributed by atoms with van der Waals surface area (Å²) in [6.45, 7) is 5.89. The van der Waals surface area contributed by atoms with Gasteiger partial charge in [-0.05, 0) is 31.9 Å². The molecule has 2 aromatic carbocycles. The van der Waals surface area contributed by atoms with E-state index in [1.165, 1.54) is 6.42 Å². The molecule has 1 saturated heterocycles. The Morgan fingerprint density at radius 1 is 0.912 bits per heavy atom. The van der Waals surface area contributed by atoms with E-state index in [-0.39, 0.29) is 11.9 Å². The minimum absolute atomic E-state index is 0.0594. The third-order valence-electron chi connectivity index (χ3n) is 7.16. The maximum absolute atomic E-state index is 13.7. The maximum Gasteiger partial charge on any atom is 0.272 e. The van der Waals surface area contributed by atoms with Gasteiger partial charge < -0.3 is 14.8 Å². The van der Waals surface area contributed by atoms with Crippen molar-refractivity contribution in [3.8, 4) is 11.4 Å². The molecule has 1 fully saturated rings. The number of carbonyl (C=O) groups excluding carboxylic acids is 1. The normalized spacial score (nSPS) is 18.1. The van der Waals surface area contributed by atoms with E-state index in [0.717, 1.165) is 81.2 Å². The lowest BCUT2D eigenvalue weighted by atomic mass is 10.1. The second-order valence-electron chi connectivity index (χ2n) is 9.60. The first-order chi connectivity index (χ1) is 16.7. The summed E-state index contributed by atoms with van der Waals surface area (Å²) in [7, 11) is 2.17. The SMILES string of the molecule is CN1CCN(CC(NC(=O)c2nc(-c3ccccc3)n3c2CCCCC3)c2ccccc2)CC1. The van der Waals surface area contributed by atoms with E-state index in [4.69, 9.17) is 4.98 Å². The third kappa shape index (κ3) is 5.08. The number of piperazine rings is 1. The molecule has 1 N–H and O–H groups in total. The van der Waals surface area contributed by atoms with Crippen LogP contribution >= 0.6 is 0 Å². The number of likely N-dealkylation sites (N-methyl/N-ethyl adjacent to an activating group) is 1. The van der Waals surface area contributed by atoms with E-state index < -0.39 is 0 Å². The van der Waals surface area contributed by atoms with Crippen LogP contribution in [0, 0.1) is 0 Å². The molecule has 0 radical (unpaired) electrons. The van der Waals surface area contributed by atoms with Crippen LogP contribution in [0.15, 0.2) is 60.7 Å². The first kappa shape index (κ1) is 22.8. The summed E-state index contributed by atoms with van der Waals surface area (Å²) in [6.07, 6.45) is 4.31. The quantitative estimate of drug-likeness (QED) is 0.608. The lowest BCUT2D eigenvalue weighted by Crippen LogP contribution is -2.48. The predicted octanol–water partition coefficient (Wildman–Crippen LogP) is 4.00. The van der Waals surface area contributed by atoms with Gasteiger partial charge in [-0.2, -0.15) is 0 Å². The number of benzene rings is 2. The number of hydrogen-bond donors (Lipinski definition) is 1. The molecule has 0 bridgehead atoms. The minimum Gasteiger partial charge on any atom is -0.343 e. The number of nitrogens with one attached hydrogen (secondary N) is 1. The zero-order chi connectivity index (χ0) is 23.3. The van der Waals surface area contributed by atoms with Gasteiger partial charge in [-0.25, -0.2) is 4.98 Å². The van der Waals surface area contributed by atoms with Crippen LogP contribution in [-0.2, 0) is 13.0 Å². The van der Waals surface area contributed by atoms with E-state index in [1.54, 1.807) is 0 Å². The highest BCUT2D eigenvalue weighted by Gasteiger charge is 2.27. The number of aromatic nitrogens is 2. The van der Waals surface area contributed by atoms with Crippen molar-refractivity contribution in [2.45, 2.75) is 38.3 Å². The molecule has 3 aromatic rings. The van der Waals surface area contributed by atoms with Gasteiger partial charge in [0.25, 0.3) is 5.91 Å². The fourth-order valence-electron chi connectivity index (χ4n) is 5.14. The number of carbonyl (C=O) groups is 1. The topological polar surface area (TPSA) is 53.4 Å². The van der Waals surface area contributed by atoms with Crippen LogP contribution in [0.25, 0.3) is 11.4 Å². The Balaban J connectivity index is 1.43. The molecule has 5 rings (SSSR count). The van der Waals surface area contributed by atoms with E-state index in [9.17, 15) is 4.79 Å². The lowest BCUT2D eigenvalue weighted by Gasteiger charge is -2.35. The first-order valence-electron chi connectivity index (χ1n) is 12.6. The molecule has 178 valence electrons. The fourth-order valence-corrected chi connectivity index (χ4v) is 5.14. The molecule has 1 atom stereocenters. The Bertz CT molecular complexity index is 1090. The number of nitrogens with zero attached hydrogens (tertiary/aromatic N) is 4. The second kappa shape index (κ2) is 10.5. The highest BCUT2D eigenvalue weighted by Crippen LogP contribution is 2.28. The van der Waals surface area contributed by atoms with Gasteiger partial charge in [-0.15, -0.1) is 0 Å². The Morgan fingerprint density at radius 3 is 2.35 bits per heavy atom. The zero-order valence-corrected chi connectivity index (χ0v) is 20.1. The third-order valence-corrected chi connectivity index (χ3v) is 7.16. The van der Waals surface area contributed by atoms with E-state index in [0.29, 0.717) is 5.69 Å². The molecule has 6 nitrogen and oxygen atoms in total. The first-order valence-corrected chi connectivity index (χ1v) is 12.6. The molecular weight excluding hydrogens is 422 g/mol. The standard InChI is InChI=1S/C28H35N5O/c1-31-17-19-32(20-18-31)21-24(22-11-5-2-6-12-22)29-28(34)26-25-15-9-4-10-16-33(25)27(30-26)23-13-7-3-8-14-23/h2-3,5-8,11-14,24H,4,9-10,15-21H2,1H3,(H,29,34). The zero-order valence-electron chi connectivity index (χ0n) is 20.1. The van der Waals surface area contributed by atoms with Gasteiger partial charge in [0.05, 0.1) is 11.7 Å². The Hall–Kier alpha value is -2.96. The molecule has 1 amide bonds. The van der Waals surface area contributed by atoms with Gasteiger partial charge in [0.1, 0.15) is 11.5 Å². The monoisotopic (exact) mass is 457 g/mol. The average molecular weight is 458 g/mol. The van der Waals surface area contributed by atoms with Crippen molar-refractivity contribution in [2.24, 2.45) is 0 Å². The summed E-state index contributed by atoms with van der Waals surface area (Å²) in [6, 6.07) is 20.6. The van der Waals surface area contributed by atoms with Gasteiger partial charge in [0.2, 0.25) is 0 Å². The molecule has 2 aliphatic rings. The lowest BCUT2D eigenvalue weighted by molar-refractivity contribution is 0.0901. The number of fused-ring (bicyclic) bond motifs is 1. The second-order valence-corrected chi connectivity index (χ2v) is 9.60. The molecule has 0 saturated carbocycles. The number of rotatable bonds is 6. The molecular formula is C28H35N5O. The molecule has 2 aliphatic heterocycles. The van der Waals surface area contributed by atoms with Gasteiger partial charge >= 0.3 is 0 Å². The van der Waals surface area contributed by atoms with Crippen LogP contribution in [0.3, 0.4) is 0 Å². The highest BCUT2D eigenvalue weighted by molar-refractivity contribution is 5.94. The highest BCUT2D eigenvalue weighted by atomic mass is 16.2. The smallest absolute Gasteiger partial charge is 0.272 e. The molecule has 1 unspecified atom stereocenters. The van der Waals surface area contributed by atoms with Crippen LogP contribution < -0.4 is 5.32 Å². The summed E-state index contributed by atoms with van der Waals surface area (Å²) < 4.78 is 2.29. The summed E-state index contributed by atoms with van der Waals surface area (Å²) in [5, 5.41) is 3.37. The molecule has 6 heteroatoms. The number of imidazole rings is 1. The number of amides is 1. The van der Waals surface area contributed by atoms with Crippen molar-refractivity contribution in [3.63, 3.8) is 0 Å². The van der Waals surface area contributed by atoms with E-state index in [2.05, 4.69) is 63.1 Å². The number of hydrogen-bond acceptors (Lipinski definition) is 4. The molecule has 0 spiro atoms. The fraction of sp³-hybridized carbons (Fsp3) is 0.429. The van der Waals surface area contributed by atoms with Crippen LogP contribution in [-0.4, -0.2) is 65.0 Å². The van der Waals surface area contributed by atoms with E-state index >= 15 is 0 Å². The summed E-state index contributed by atoms with van der Waals surface area (Å²) in [5.74, 6) is 0.855. The van der Waals surface area contributed by atoms with Crippen molar-refractivity contribution in [2.75, 3.05) is 39.8 Å². The Labute approximate surface area is 202 Å². The molecule has 1 aromatic heterocycles. The van der Waals surface area contributed by atoms with Crippen molar-refractivity contribution < 1.29 is 4.79 Å². The van der Waals surface area contributed by atoms with Crippen LogP contribution in [0.2, 0.25) is 0 Å². The van der Waals surface area contributed by atoms with E-state index in [1.807, 2.05) is 24.3 Å². The summed E-state index contributed by atoms with van der Waals surface area (Å²) in [5.41, 5.74) is 3.89. The van der Waals surface area contributed by atoms with Crippen LogP contribution in [0.1, 0.15) is 47.1 Å². The maximum atomic E-state index is 13.7. The van der Waals surface area contributed by atoms with Crippen molar-refractivity contribution >= 4 is 5.91 Å². The largest absolute Gasteiger partial charge is 0.343 e. The van der Waals surface area contributed by atoms with Crippen molar-refractivity contribution in [1.29, 1.82) is 0 Å². The Kier molecular flexibility index (Phi) is 7.07. The van der Waals surface area contributed by atoms with Crippen molar-refractivity contribution in [3.05, 3.63) is 77.6 Å². The van der Waals surface area contributed by atoms with Gasteiger partial charge in [-0.3, -0.25) is 9.69 Å². The van der Waals surface area contributed by atoms with Crippen LogP contribution in [0.4, 0.5) is 0 Å². The minimum atomic E-state index is -0.0691. The van der Waals surface area contributed by atoms with Gasteiger partial charge in [0, 0.05) is 44.8 Å². The van der Waals surface area contributed by atoms with Gasteiger partial charge in [0.15, 0.2) is 0 Å². The van der Waals surface area contributed by atoms with Crippen LogP contribution in [0.5, 0.6) is 0 Å². The summed E-state index contributed by atoms with van der Waals surface area (Å²) in [4.78, 5) is 23.5. The van der Waals surface area contributed by atoms with Gasteiger partial charge in [-0.1, -0.05) is 67.1 Å². The molecule has 34 heavy (non-hydrogen) atoms. The average Bonchev–Trinajstić information content (AvgIpc) is 3.07. The van der Waals surface area contributed by atoms with Crippen molar-refractivity contribution in [1.82, 2.24) is 24.7 Å². The summed E-state index contributed by atoms with van der Waals surface area (Å²) >= 11 is 0. The predicted molar refractivity (Wildman–Crippen MR) is 136 cm³/mol. The molecule has 0 aliphatic carbocycles. The Morgan fingerprint density at radius 2 is 1.62 bits per heavy atom.